The highest BCUT2D eigenvalue weighted by Gasteiger charge is 2.18. The van der Waals surface area contributed by atoms with Crippen LogP contribution >= 0.6 is 0 Å². The molecule has 1 rings (SSSR count). The van der Waals surface area contributed by atoms with Crippen LogP contribution in [0, 0.1) is 0 Å². The van der Waals surface area contributed by atoms with Crippen molar-refractivity contribution in [2.24, 2.45) is 0 Å². The summed E-state index contributed by atoms with van der Waals surface area (Å²) in [5, 5.41) is 0. The maximum atomic E-state index is 11.4. The van der Waals surface area contributed by atoms with Crippen molar-refractivity contribution < 1.29 is 22.4 Å². The Morgan fingerprint density at radius 1 is 1.53 bits per heavy atom. The second-order valence-electron chi connectivity index (χ2n) is 2.97. The molecule has 15 heavy (non-hydrogen) atoms. The molecule has 1 aromatic rings. The lowest BCUT2D eigenvalue weighted by molar-refractivity contribution is -0.139. The molecule has 0 spiro atoms. The predicted molar refractivity (Wildman–Crippen MR) is 52.8 cm³/mol. The zero-order valence-corrected chi connectivity index (χ0v) is 9.12. The number of ether oxygens (including phenoxy) is 1. The fourth-order valence-corrected chi connectivity index (χ4v) is 2.28. The molecule has 1 aromatic heterocycles. The quantitative estimate of drug-likeness (QED) is 0.700. The second kappa shape index (κ2) is 4.97. The van der Waals surface area contributed by atoms with Crippen molar-refractivity contribution in [2.45, 2.75) is 12.7 Å². The van der Waals surface area contributed by atoms with E-state index in [1.165, 1.54) is 12.5 Å². The van der Waals surface area contributed by atoms with E-state index in [-0.39, 0.29) is 12.4 Å². The average molecular weight is 232 g/mol. The average Bonchev–Trinajstić information content (AvgIpc) is 2.54. The van der Waals surface area contributed by atoms with Crippen LogP contribution in [-0.4, -0.2) is 26.7 Å². The largest absolute Gasteiger partial charge is 0.472 e. The van der Waals surface area contributed by atoms with Crippen molar-refractivity contribution in [3.63, 3.8) is 0 Å². The highest BCUT2D eigenvalue weighted by molar-refractivity contribution is 7.91. The Kier molecular flexibility index (Phi) is 3.90. The van der Waals surface area contributed by atoms with Crippen LogP contribution in [0.4, 0.5) is 0 Å². The first-order valence-electron chi connectivity index (χ1n) is 4.40. The highest BCUT2D eigenvalue weighted by Crippen LogP contribution is 2.07. The van der Waals surface area contributed by atoms with Gasteiger partial charge in [0.2, 0.25) is 0 Å². The Morgan fingerprint density at radius 3 is 2.80 bits per heavy atom. The lowest BCUT2D eigenvalue weighted by Gasteiger charge is -2.02. The molecular weight excluding hydrogens is 220 g/mol. The summed E-state index contributed by atoms with van der Waals surface area (Å²) in [4.78, 5) is 11.0. The van der Waals surface area contributed by atoms with Crippen LogP contribution in [0.1, 0.15) is 12.5 Å². The minimum absolute atomic E-state index is 0.181. The van der Waals surface area contributed by atoms with Crippen molar-refractivity contribution in [1.82, 2.24) is 0 Å². The minimum Gasteiger partial charge on any atom is -0.472 e. The third-order valence-corrected chi connectivity index (χ3v) is 3.06. The predicted octanol–water partition coefficient (Wildman–Crippen LogP) is 0.757. The normalized spacial score (nSPS) is 11.3. The Morgan fingerprint density at radius 2 is 2.27 bits per heavy atom. The molecule has 0 aliphatic heterocycles. The van der Waals surface area contributed by atoms with Gasteiger partial charge in [0.15, 0.2) is 9.84 Å². The monoisotopic (exact) mass is 232 g/mol. The van der Waals surface area contributed by atoms with Gasteiger partial charge in [-0.15, -0.1) is 0 Å². The summed E-state index contributed by atoms with van der Waals surface area (Å²) in [6.45, 7) is 1.81. The van der Waals surface area contributed by atoms with E-state index in [0.29, 0.717) is 5.56 Å². The van der Waals surface area contributed by atoms with Gasteiger partial charge in [-0.3, -0.25) is 4.79 Å². The molecule has 0 unspecified atom stereocenters. The molecule has 0 aromatic carbocycles. The fourth-order valence-electron chi connectivity index (χ4n) is 1.06. The molecule has 84 valence electrons. The smallest absolute Gasteiger partial charge is 0.321 e. The van der Waals surface area contributed by atoms with Gasteiger partial charge < -0.3 is 9.15 Å². The molecule has 0 saturated heterocycles. The van der Waals surface area contributed by atoms with E-state index >= 15 is 0 Å². The summed E-state index contributed by atoms with van der Waals surface area (Å²) in [7, 11) is -3.46. The molecule has 6 heteroatoms. The lowest BCUT2D eigenvalue weighted by Crippen LogP contribution is -2.19. The van der Waals surface area contributed by atoms with E-state index in [0.717, 1.165) is 0 Å². The summed E-state index contributed by atoms with van der Waals surface area (Å²) in [6, 6.07) is 1.54. The van der Waals surface area contributed by atoms with Crippen LogP contribution in [0.5, 0.6) is 0 Å². The van der Waals surface area contributed by atoms with E-state index in [9.17, 15) is 13.2 Å². The van der Waals surface area contributed by atoms with Gasteiger partial charge in [-0.25, -0.2) is 8.42 Å². The van der Waals surface area contributed by atoms with Gasteiger partial charge in [0.05, 0.1) is 24.9 Å². The fraction of sp³-hybridized carbons (Fsp3) is 0.444. The Bertz CT molecular complexity index is 404. The molecule has 0 radical (unpaired) electrons. The number of furan rings is 1. The number of carbonyl (C=O) groups excluding carboxylic acids is 1. The number of rotatable bonds is 5. The first-order valence-corrected chi connectivity index (χ1v) is 6.23. The third-order valence-electron chi connectivity index (χ3n) is 1.61. The van der Waals surface area contributed by atoms with Crippen LogP contribution in [-0.2, 0) is 25.1 Å². The zero-order chi connectivity index (χ0) is 11.3. The van der Waals surface area contributed by atoms with E-state index in [4.69, 9.17) is 4.42 Å². The van der Waals surface area contributed by atoms with Crippen molar-refractivity contribution >= 4 is 15.8 Å². The summed E-state index contributed by atoms with van der Waals surface area (Å²) >= 11 is 0. The summed E-state index contributed by atoms with van der Waals surface area (Å²) in [6.07, 6.45) is 2.72. The molecule has 0 N–H and O–H groups in total. The molecule has 5 nitrogen and oxygen atoms in total. The summed E-state index contributed by atoms with van der Waals surface area (Å²) in [5.74, 6) is -1.52. The van der Waals surface area contributed by atoms with Crippen molar-refractivity contribution in [2.75, 3.05) is 12.4 Å². The van der Waals surface area contributed by atoms with Crippen LogP contribution in [0.3, 0.4) is 0 Å². The topological polar surface area (TPSA) is 73.6 Å². The molecule has 0 amide bonds. The first kappa shape index (κ1) is 11.8. The van der Waals surface area contributed by atoms with Crippen LogP contribution in [0.15, 0.2) is 23.0 Å². The summed E-state index contributed by atoms with van der Waals surface area (Å²) in [5.41, 5.74) is 0.527. The van der Waals surface area contributed by atoms with Gasteiger partial charge in [0.1, 0.15) is 5.75 Å². The van der Waals surface area contributed by atoms with Crippen molar-refractivity contribution in [1.29, 1.82) is 0 Å². The van der Waals surface area contributed by atoms with Gasteiger partial charge in [0, 0.05) is 5.56 Å². The standard InChI is InChI=1S/C9H12O5S/c1-2-14-9(10)7-15(11,12)6-8-3-4-13-5-8/h3-5H,2,6-7H2,1H3. The lowest BCUT2D eigenvalue weighted by atomic mass is 10.4. The number of sulfone groups is 1. The first-order chi connectivity index (χ1) is 7.03. The molecule has 1 heterocycles. The van der Waals surface area contributed by atoms with Gasteiger partial charge >= 0.3 is 5.97 Å². The second-order valence-corrected chi connectivity index (χ2v) is 5.03. The van der Waals surface area contributed by atoms with Crippen molar-refractivity contribution in [3.05, 3.63) is 24.2 Å². The van der Waals surface area contributed by atoms with Crippen LogP contribution in [0.25, 0.3) is 0 Å². The van der Waals surface area contributed by atoms with E-state index < -0.39 is 21.6 Å². The van der Waals surface area contributed by atoms with Gasteiger partial charge in [0.25, 0.3) is 0 Å². The number of hydrogen-bond donors (Lipinski definition) is 0. The molecule has 0 fully saturated rings. The van der Waals surface area contributed by atoms with E-state index in [1.54, 1.807) is 13.0 Å². The Balaban J connectivity index is 2.57. The van der Waals surface area contributed by atoms with Gasteiger partial charge in [-0.1, -0.05) is 0 Å². The highest BCUT2D eigenvalue weighted by atomic mass is 32.2. The van der Waals surface area contributed by atoms with E-state index in [1.807, 2.05) is 0 Å². The number of esters is 1. The molecule has 0 bridgehead atoms. The zero-order valence-electron chi connectivity index (χ0n) is 8.30. The molecule has 0 saturated carbocycles. The van der Waals surface area contributed by atoms with Gasteiger partial charge in [-0.05, 0) is 13.0 Å². The van der Waals surface area contributed by atoms with E-state index in [2.05, 4.69) is 4.74 Å². The number of hydrogen-bond acceptors (Lipinski definition) is 5. The SMILES string of the molecule is CCOC(=O)CS(=O)(=O)Cc1ccoc1. The Hall–Kier alpha value is -1.30. The third kappa shape index (κ3) is 4.16. The molecule has 0 aliphatic rings. The molecule has 0 aliphatic carbocycles. The Labute approximate surface area is 88.0 Å². The van der Waals surface area contributed by atoms with Gasteiger partial charge in [-0.2, -0.15) is 0 Å². The molecule has 0 atom stereocenters. The number of carbonyl (C=O) groups is 1. The van der Waals surface area contributed by atoms with Crippen molar-refractivity contribution in [3.8, 4) is 0 Å². The summed E-state index contributed by atoms with van der Waals surface area (Å²) < 4.78 is 32.2. The maximum Gasteiger partial charge on any atom is 0.321 e. The van der Waals surface area contributed by atoms with Crippen LogP contribution in [0.2, 0.25) is 0 Å². The van der Waals surface area contributed by atoms with Crippen LogP contribution < -0.4 is 0 Å². The molecular formula is C9H12O5S. The minimum atomic E-state index is -3.46. The maximum absolute atomic E-state index is 11.4.